The lowest BCUT2D eigenvalue weighted by molar-refractivity contribution is 0.0693. The van der Waals surface area contributed by atoms with Crippen molar-refractivity contribution in [1.82, 2.24) is 0 Å². The summed E-state index contributed by atoms with van der Waals surface area (Å²) >= 11 is 3.45. The SMILES string of the molecule is Cc1cc(Oc2ccc(F)cc2C(=O)O)cc(C)c1Br. The standard InChI is InChI=1S/C15H12BrFO3/c1-8-5-11(6-9(2)14(8)16)20-13-4-3-10(17)7-12(13)15(18)19/h3-7H,1-2H3,(H,18,19). The number of hydrogen-bond donors (Lipinski definition) is 1. The van der Waals surface area contributed by atoms with Gasteiger partial charge in [0.05, 0.1) is 0 Å². The van der Waals surface area contributed by atoms with Crippen LogP contribution in [0.4, 0.5) is 4.39 Å². The van der Waals surface area contributed by atoms with Gasteiger partial charge in [-0.2, -0.15) is 0 Å². The van der Waals surface area contributed by atoms with Crippen LogP contribution in [0.3, 0.4) is 0 Å². The van der Waals surface area contributed by atoms with E-state index in [1.54, 1.807) is 12.1 Å². The second-order valence-corrected chi connectivity index (χ2v) is 5.21. The summed E-state index contributed by atoms with van der Waals surface area (Å²) in [5.41, 5.74) is 1.74. The Balaban J connectivity index is 2.42. The first kappa shape index (κ1) is 14.5. The van der Waals surface area contributed by atoms with Gasteiger partial charge < -0.3 is 9.84 Å². The van der Waals surface area contributed by atoms with Crippen LogP contribution in [-0.2, 0) is 0 Å². The van der Waals surface area contributed by atoms with Crippen LogP contribution in [-0.4, -0.2) is 11.1 Å². The number of hydrogen-bond acceptors (Lipinski definition) is 2. The zero-order chi connectivity index (χ0) is 14.9. The molecule has 0 aromatic heterocycles. The molecule has 0 atom stereocenters. The summed E-state index contributed by atoms with van der Waals surface area (Å²) in [6, 6.07) is 6.99. The molecular formula is C15H12BrFO3. The molecule has 2 aromatic rings. The molecular weight excluding hydrogens is 327 g/mol. The Morgan fingerprint density at radius 2 is 1.80 bits per heavy atom. The number of carbonyl (C=O) groups is 1. The van der Waals surface area contributed by atoms with E-state index in [0.29, 0.717) is 5.75 Å². The predicted octanol–water partition coefficient (Wildman–Crippen LogP) is 4.70. The summed E-state index contributed by atoms with van der Waals surface area (Å²) < 4.78 is 19.7. The lowest BCUT2D eigenvalue weighted by Crippen LogP contribution is -2.01. The Bertz CT molecular complexity index is 660. The van der Waals surface area contributed by atoms with Crippen LogP contribution in [0.25, 0.3) is 0 Å². The van der Waals surface area contributed by atoms with E-state index in [0.717, 1.165) is 21.7 Å². The molecule has 20 heavy (non-hydrogen) atoms. The first-order valence-corrected chi connectivity index (χ1v) is 6.65. The quantitative estimate of drug-likeness (QED) is 0.882. The van der Waals surface area contributed by atoms with Crippen molar-refractivity contribution in [3.8, 4) is 11.5 Å². The molecule has 2 rings (SSSR count). The van der Waals surface area contributed by atoms with Gasteiger partial charge >= 0.3 is 5.97 Å². The van der Waals surface area contributed by atoms with Gasteiger partial charge in [0.15, 0.2) is 0 Å². The summed E-state index contributed by atoms with van der Waals surface area (Å²) in [5, 5.41) is 9.07. The van der Waals surface area contributed by atoms with Gasteiger partial charge in [0.25, 0.3) is 0 Å². The number of rotatable bonds is 3. The number of ether oxygens (including phenoxy) is 1. The topological polar surface area (TPSA) is 46.5 Å². The molecule has 2 aromatic carbocycles. The monoisotopic (exact) mass is 338 g/mol. The average molecular weight is 339 g/mol. The van der Waals surface area contributed by atoms with E-state index in [-0.39, 0.29) is 11.3 Å². The third kappa shape index (κ3) is 2.99. The second kappa shape index (κ2) is 5.63. The summed E-state index contributed by atoms with van der Waals surface area (Å²) in [5.74, 6) is -1.22. The number of aryl methyl sites for hydroxylation is 2. The molecule has 0 aliphatic heterocycles. The van der Waals surface area contributed by atoms with Crippen molar-refractivity contribution in [2.75, 3.05) is 0 Å². The van der Waals surface area contributed by atoms with Crippen molar-refractivity contribution < 1.29 is 19.0 Å². The van der Waals surface area contributed by atoms with E-state index < -0.39 is 11.8 Å². The molecule has 0 bridgehead atoms. The van der Waals surface area contributed by atoms with Crippen LogP contribution < -0.4 is 4.74 Å². The third-order valence-corrected chi connectivity index (χ3v) is 4.06. The Morgan fingerprint density at radius 1 is 1.20 bits per heavy atom. The summed E-state index contributed by atoms with van der Waals surface area (Å²) in [4.78, 5) is 11.1. The summed E-state index contributed by atoms with van der Waals surface area (Å²) in [7, 11) is 0. The van der Waals surface area contributed by atoms with Gasteiger partial charge in [0.1, 0.15) is 22.9 Å². The fourth-order valence-corrected chi connectivity index (χ4v) is 2.08. The van der Waals surface area contributed by atoms with Crippen molar-refractivity contribution in [2.24, 2.45) is 0 Å². The van der Waals surface area contributed by atoms with Crippen molar-refractivity contribution in [2.45, 2.75) is 13.8 Å². The molecule has 0 saturated carbocycles. The van der Waals surface area contributed by atoms with E-state index in [9.17, 15) is 9.18 Å². The van der Waals surface area contributed by atoms with Gasteiger partial charge in [-0.15, -0.1) is 0 Å². The molecule has 0 saturated heterocycles. The summed E-state index contributed by atoms with van der Waals surface area (Å²) in [6.07, 6.45) is 0. The molecule has 0 amide bonds. The highest BCUT2D eigenvalue weighted by atomic mass is 79.9. The van der Waals surface area contributed by atoms with Crippen LogP contribution in [0, 0.1) is 19.7 Å². The fraction of sp³-hybridized carbons (Fsp3) is 0.133. The fourth-order valence-electron chi connectivity index (χ4n) is 1.85. The highest BCUT2D eigenvalue weighted by Gasteiger charge is 2.14. The Labute approximate surface area is 124 Å². The Kier molecular flexibility index (Phi) is 4.09. The van der Waals surface area contributed by atoms with Gasteiger partial charge in [-0.1, -0.05) is 15.9 Å². The molecule has 3 nitrogen and oxygen atoms in total. The van der Waals surface area contributed by atoms with Gasteiger partial charge in [-0.3, -0.25) is 0 Å². The molecule has 0 spiro atoms. The molecule has 0 aliphatic carbocycles. The van der Waals surface area contributed by atoms with Crippen LogP contribution in [0.5, 0.6) is 11.5 Å². The minimum atomic E-state index is -1.23. The maximum absolute atomic E-state index is 13.1. The van der Waals surface area contributed by atoms with E-state index in [1.807, 2.05) is 13.8 Å². The lowest BCUT2D eigenvalue weighted by Gasteiger charge is -2.11. The Hall–Kier alpha value is -1.88. The molecule has 0 radical (unpaired) electrons. The molecule has 1 N–H and O–H groups in total. The highest BCUT2D eigenvalue weighted by molar-refractivity contribution is 9.10. The van der Waals surface area contributed by atoms with Gasteiger partial charge in [0, 0.05) is 4.47 Å². The van der Waals surface area contributed by atoms with E-state index in [2.05, 4.69) is 15.9 Å². The molecule has 0 unspecified atom stereocenters. The predicted molar refractivity (Wildman–Crippen MR) is 77.0 cm³/mol. The summed E-state index contributed by atoms with van der Waals surface area (Å²) in [6.45, 7) is 3.82. The largest absolute Gasteiger partial charge is 0.478 e. The van der Waals surface area contributed by atoms with Crippen molar-refractivity contribution in [3.63, 3.8) is 0 Å². The second-order valence-electron chi connectivity index (χ2n) is 4.42. The van der Waals surface area contributed by atoms with Crippen LogP contribution in [0.2, 0.25) is 0 Å². The van der Waals surface area contributed by atoms with Crippen LogP contribution in [0.15, 0.2) is 34.8 Å². The minimum Gasteiger partial charge on any atom is -0.478 e. The van der Waals surface area contributed by atoms with Crippen molar-refractivity contribution in [3.05, 3.63) is 57.3 Å². The Morgan fingerprint density at radius 3 is 2.35 bits per heavy atom. The molecule has 0 fully saturated rings. The third-order valence-electron chi connectivity index (χ3n) is 2.81. The first-order valence-electron chi connectivity index (χ1n) is 5.86. The van der Waals surface area contributed by atoms with E-state index >= 15 is 0 Å². The maximum Gasteiger partial charge on any atom is 0.339 e. The lowest BCUT2D eigenvalue weighted by atomic mass is 10.1. The molecule has 0 heterocycles. The average Bonchev–Trinajstić information content (AvgIpc) is 2.37. The zero-order valence-electron chi connectivity index (χ0n) is 10.9. The number of benzene rings is 2. The number of aromatic carboxylic acids is 1. The minimum absolute atomic E-state index is 0.111. The van der Waals surface area contributed by atoms with Gasteiger partial charge in [0.2, 0.25) is 0 Å². The number of carboxylic acids is 1. The van der Waals surface area contributed by atoms with Crippen molar-refractivity contribution in [1.29, 1.82) is 0 Å². The molecule has 104 valence electrons. The van der Waals surface area contributed by atoms with Gasteiger partial charge in [-0.25, -0.2) is 9.18 Å². The van der Waals surface area contributed by atoms with Crippen molar-refractivity contribution >= 4 is 21.9 Å². The van der Waals surface area contributed by atoms with Crippen LogP contribution >= 0.6 is 15.9 Å². The maximum atomic E-state index is 13.1. The van der Waals surface area contributed by atoms with E-state index in [1.165, 1.54) is 12.1 Å². The molecule has 0 aliphatic rings. The normalized spacial score (nSPS) is 10.4. The number of carboxylic acid groups (broad SMARTS) is 1. The van der Waals surface area contributed by atoms with Crippen LogP contribution in [0.1, 0.15) is 21.5 Å². The first-order chi connectivity index (χ1) is 9.38. The van der Waals surface area contributed by atoms with E-state index in [4.69, 9.17) is 9.84 Å². The van der Waals surface area contributed by atoms with Gasteiger partial charge in [-0.05, 0) is 55.3 Å². The zero-order valence-corrected chi connectivity index (χ0v) is 12.5. The highest BCUT2D eigenvalue weighted by Crippen LogP contribution is 2.31. The smallest absolute Gasteiger partial charge is 0.339 e. The molecule has 5 heteroatoms. The number of halogens is 2.